The number of benzene rings is 1. The van der Waals surface area contributed by atoms with Gasteiger partial charge in [-0.1, -0.05) is 58.0 Å². The van der Waals surface area contributed by atoms with E-state index in [2.05, 4.69) is 41.3 Å². The van der Waals surface area contributed by atoms with E-state index in [9.17, 15) is 0 Å². The molecule has 0 radical (unpaired) electrons. The van der Waals surface area contributed by atoms with Crippen molar-refractivity contribution in [3.63, 3.8) is 0 Å². The highest BCUT2D eigenvalue weighted by Crippen LogP contribution is 2.33. The van der Waals surface area contributed by atoms with Crippen LogP contribution >= 0.6 is 27.7 Å². The van der Waals surface area contributed by atoms with Gasteiger partial charge in [0.05, 0.1) is 5.25 Å². The average Bonchev–Trinajstić information content (AvgIpc) is 3.16. The Morgan fingerprint density at radius 1 is 1.32 bits per heavy atom. The largest absolute Gasteiger partial charge is 0.338 e. The number of halogens is 1. The van der Waals surface area contributed by atoms with Gasteiger partial charge in [-0.15, -0.1) is 5.10 Å². The maximum Gasteiger partial charge on any atom is 0.239 e. The summed E-state index contributed by atoms with van der Waals surface area (Å²) in [5.74, 6) is 2.03. The smallest absolute Gasteiger partial charge is 0.239 e. The summed E-state index contributed by atoms with van der Waals surface area (Å²) in [6.07, 6.45) is 0.758. The summed E-state index contributed by atoms with van der Waals surface area (Å²) in [6, 6.07) is 7.87. The molecule has 0 aliphatic heterocycles. The molecule has 0 saturated carbocycles. The molecule has 1 N–H and O–H groups in total. The van der Waals surface area contributed by atoms with Gasteiger partial charge in [-0.25, -0.2) is 4.98 Å². The van der Waals surface area contributed by atoms with Gasteiger partial charge in [0.15, 0.2) is 11.6 Å². The number of nitrogens with one attached hydrogen (secondary N) is 1. The van der Waals surface area contributed by atoms with Gasteiger partial charge in [0.2, 0.25) is 11.0 Å². The highest BCUT2D eigenvalue weighted by Gasteiger charge is 2.18. The number of hydrogen-bond acceptors (Lipinski definition) is 6. The molecule has 1 atom stereocenters. The topological polar surface area (TPSA) is 80.5 Å². The van der Waals surface area contributed by atoms with Crippen molar-refractivity contribution in [2.45, 2.75) is 30.7 Å². The van der Waals surface area contributed by atoms with Gasteiger partial charge in [-0.3, -0.25) is 5.10 Å². The van der Waals surface area contributed by atoms with E-state index in [1.165, 1.54) is 11.8 Å². The Hall–Kier alpha value is -1.67. The second-order valence-electron chi connectivity index (χ2n) is 4.61. The summed E-state index contributed by atoms with van der Waals surface area (Å²) in [5.41, 5.74) is 0.973. The van der Waals surface area contributed by atoms with Gasteiger partial charge in [-0.2, -0.15) is 4.98 Å². The molecule has 3 rings (SSSR count). The van der Waals surface area contributed by atoms with Gasteiger partial charge in [-0.05, 0) is 13.0 Å². The van der Waals surface area contributed by atoms with Gasteiger partial charge in [0.25, 0.3) is 0 Å². The molecule has 2 heterocycles. The maximum atomic E-state index is 5.24. The molecule has 114 valence electrons. The normalized spacial score (nSPS) is 12.5. The minimum atomic E-state index is -0.00401. The quantitative estimate of drug-likeness (QED) is 0.673. The summed E-state index contributed by atoms with van der Waals surface area (Å²) in [4.78, 5) is 8.84. The Bertz CT molecular complexity index is 772. The van der Waals surface area contributed by atoms with Crippen LogP contribution in [-0.2, 0) is 6.42 Å². The number of H-pyrrole nitrogens is 1. The molecule has 0 amide bonds. The summed E-state index contributed by atoms with van der Waals surface area (Å²) in [5, 5.41) is 11.8. The number of aromatic nitrogens is 5. The van der Waals surface area contributed by atoms with Crippen LogP contribution in [0.4, 0.5) is 0 Å². The Labute approximate surface area is 140 Å². The highest BCUT2D eigenvalue weighted by atomic mass is 79.9. The first-order chi connectivity index (χ1) is 10.7. The van der Waals surface area contributed by atoms with Crippen molar-refractivity contribution in [3.05, 3.63) is 40.5 Å². The fourth-order valence-corrected chi connectivity index (χ4v) is 3.09. The lowest BCUT2D eigenvalue weighted by atomic mass is 10.2. The highest BCUT2D eigenvalue weighted by molar-refractivity contribution is 9.10. The van der Waals surface area contributed by atoms with Crippen molar-refractivity contribution < 1.29 is 4.52 Å². The Morgan fingerprint density at radius 3 is 2.86 bits per heavy atom. The number of nitrogens with zero attached hydrogens (tertiary/aromatic N) is 4. The monoisotopic (exact) mass is 379 g/mol. The Balaban J connectivity index is 1.75. The van der Waals surface area contributed by atoms with E-state index in [1.807, 2.05) is 38.1 Å². The summed E-state index contributed by atoms with van der Waals surface area (Å²) in [6.45, 7) is 3.98. The first kappa shape index (κ1) is 15.2. The fourth-order valence-electron chi connectivity index (χ4n) is 1.86. The Kier molecular flexibility index (Phi) is 4.58. The number of aromatic amines is 1. The molecule has 0 saturated heterocycles. The molecule has 3 aromatic rings. The summed E-state index contributed by atoms with van der Waals surface area (Å²) < 4.78 is 6.22. The number of aryl methyl sites for hydroxylation is 1. The van der Waals surface area contributed by atoms with E-state index >= 15 is 0 Å². The minimum Gasteiger partial charge on any atom is -0.338 e. The second-order valence-corrected chi connectivity index (χ2v) is 6.77. The predicted molar refractivity (Wildman–Crippen MR) is 87.5 cm³/mol. The molecule has 0 bridgehead atoms. The fraction of sp³-hybridized carbons (Fsp3) is 0.286. The third-order valence-electron chi connectivity index (χ3n) is 3.02. The summed E-state index contributed by atoms with van der Waals surface area (Å²) >= 11 is 4.99. The average molecular weight is 380 g/mol. The zero-order valence-corrected chi connectivity index (χ0v) is 14.5. The predicted octanol–water partition coefficient (Wildman–Crippen LogP) is 4.03. The molecular formula is C14H14BrN5OS. The lowest BCUT2D eigenvalue weighted by Gasteiger charge is -2.01. The van der Waals surface area contributed by atoms with Gasteiger partial charge in [0, 0.05) is 16.5 Å². The van der Waals surface area contributed by atoms with Crippen molar-refractivity contribution >= 4 is 27.7 Å². The van der Waals surface area contributed by atoms with Crippen LogP contribution in [0.2, 0.25) is 0 Å². The van der Waals surface area contributed by atoms with Crippen molar-refractivity contribution in [2.24, 2.45) is 0 Å². The van der Waals surface area contributed by atoms with Crippen molar-refractivity contribution in [2.75, 3.05) is 0 Å². The van der Waals surface area contributed by atoms with Crippen molar-refractivity contribution in [1.82, 2.24) is 25.3 Å². The first-order valence-corrected chi connectivity index (χ1v) is 8.51. The molecule has 22 heavy (non-hydrogen) atoms. The van der Waals surface area contributed by atoms with Crippen LogP contribution in [0.3, 0.4) is 0 Å². The zero-order valence-electron chi connectivity index (χ0n) is 12.1. The number of hydrogen-bond donors (Lipinski definition) is 1. The molecule has 8 heteroatoms. The number of thioether (sulfide) groups is 1. The SMILES string of the molecule is CCc1noc([C@H](C)Sc2n[nH]c(-c3ccccc3Br)n2)n1. The molecule has 6 nitrogen and oxygen atoms in total. The van der Waals surface area contributed by atoms with Gasteiger partial charge >= 0.3 is 0 Å². The first-order valence-electron chi connectivity index (χ1n) is 6.83. The molecule has 0 unspecified atom stereocenters. The van der Waals surface area contributed by atoms with E-state index < -0.39 is 0 Å². The number of rotatable bonds is 5. The van der Waals surface area contributed by atoms with E-state index in [4.69, 9.17) is 4.52 Å². The van der Waals surface area contributed by atoms with Crippen molar-refractivity contribution in [1.29, 1.82) is 0 Å². The van der Waals surface area contributed by atoms with Crippen LogP contribution in [-0.4, -0.2) is 25.3 Å². The Morgan fingerprint density at radius 2 is 2.14 bits per heavy atom. The lowest BCUT2D eigenvalue weighted by molar-refractivity contribution is 0.375. The molecule has 0 spiro atoms. The molecule has 1 aromatic carbocycles. The molecule has 0 aliphatic carbocycles. The van der Waals surface area contributed by atoms with E-state index in [0.29, 0.717) is 16.9 Å². The molecule has 0 aliphatic rings. The van der Waals surface area contributed by atoms with E-state index in [1.54, 1.807) is 0 Å². The van der Waals surface area contributed by atoms with Crippen LogP contribution in [0.5, 0.6) is 0 Å². The third-order valence-corrected chi connectivity index (χ3v) is 4.66. The minimum absolute atomic E-state index is 0.00401. The lowest BCUT2D eigenvalue weighted by Crippen LogP contribution is -1.91. The summed E-state index contributed by atoms with van der Waals surface area (Å²) in [7, 11) is 0. The molecular weight excluding hydrogens is 366 g/mol. The second kappa shape index (κ2) is 6.62. The van der Waals surface area contributed by atoms with Gasteiger partial charge in [0.1, 0.15) is 0 Å². The molecule has 2 aromatic heterocycles. The van der Waals surface area contributed by atoms with Crippen LogP contribution in [0.15, 0.2) is 38.4 Å². The third kappa shape index (κ3) is 3.22. The van der Waals surface area contributed by atoms with Crippen LogP contribution in [0, 0.1) is 0 Å². The maximum absolute atomic E-state index is 5.24. The van der Waals surface area contributed by atoms with Crippen LogP contribution < -0.4 is 0 Å². The standard InChI is InChI=1S/C14H14BrN5OS/c1-3-11-16-13(21-20-11)8(2)22-14-17-12(18-19-14)9-6-4-5-7-10(9)15/h4-8H,3H2,1-2H3,(H,17,18,19)/t8-/m0/s1. The molecule has 0 fully saturated rings. The van der Waals surface area contributed by atoms with Crippen LogP contribution in [0.25, 0.3) is 11.4 Å². The van der Waals surface area contributed by atoms with Crippen LogP contribution in [0.1, 0.15) is 30.8 Å². The van der Waals surface area contributed by atoms with E-state index in [0.717, 1.165) is 22.3 Å². The van der Waals surface area contributed by atoms with Gasteiger partial charge < -0.3 is 4.52 Å². The van der Waals surface area contributed by atoms with E-state index in [-0.39, 0.29) is 5.25 Å². The van der Waals surface area contributed by atoms with Crippen molar-refractivity contribution in [3.8, 4) is 11.4 Å². The zero-order chi connectivity index (χ0) is 15.5.